The van der Waals surface area contributed by atoms with Crippen LogP contribution in [0.4, 0.5) is 0 Å². The maximum absolute atomic E-state index is 12.7. The Balaban J connectivity index is 1.93. The second kappa shape index (κ2) is 6.07. The first-order valence-electron chi connectivity index (χ1n) is 8.01. The van der Waals surface area contributed by atoms with Crippen LogP contribution in [0.2, 0.25) is 0 Å². The van der Waals surface area contributed by atoms with Crippen LogP contribution in [-0.2, 0) is 0 Å². The molecule has 0 saturated heterocycles. The molecule has 0 aliphatic heterocycles. The van der Waals surface area contributed by atoms with Gasteiger partial charge in [-0.05, 0) is 48.9 Å². The van der Waals surface area contributed by atoms with E-state index in [1.807, 2.05) is 13.0 Å². The molecule has 2 N–H and O–H groups in total. The fraction of sp³-hybridized carbons (Fsp3) is 0.100. The van der Waals surface area contributed by atoms with Crippen molar-refractivity contribution in [2.45, 2.75) is 6.92 Å². The summed E-state index contributed by atoms with van der Waals surface area (Å²) in [5.74, 6) is 0.946. The van der Waals surface area contributed by atoms with Crippen molar-refractivity contribution in [3.63, 3.8) is 0 Å². The number of benzene rings is 2. The molecule has 6 heteroatoms. The molecule has 0 bridgehead atoms. The number of aromatic amines is 1. The van der Waals surface area contributed by atoms with Gasteiger partial charge in [-0.1, -0.05) is 0 Å². The Bertz CT molecular complexity index is 1140. The number of oxazole rings is 1. The molecule has 6 nitrogen and oxygen atoms in total. The smallest absolute Gasteiger partial charge is 0.231 e. The number of nitrogens with zero attached hydrogens (tertiary/aromatic N) is 1. The number of rotatable bonds is 3. The van der Waals surface area contributed by atoms with Crippen LogP contribution >= 0.6 is 0 Å². The number of aromatic nitrogens is 2. The van der Waals surface area contributed by atoms with Gasteiger partial charge in [0.2, 0.25) is 5.43 Å². The zero-order chi connectivity index (χ0) is 18.3. The molecule has 2 heterocycles. The first-order chi connectivity index (χ1) is 12.6. The van der Waals surface area contributed by atoms with E-state index in [1.54, 1.807) is 43.6 Å². The number of hydrogen-bond donors (Lipinski definition) is 2. The minimum Gasteiger partial charge on any atom is -0.503 e. The Morgan fingerprint density at radius 3 is 2.62 bits per heavy atom. The third-order valence-corrected chi connectivity index (χ3v) is 4.40. The molecule has 2 aromatic heterocycles. The van der Waals surface area contributed by atoms with Crippen molar-refractivity contribution in [3.8, 4) is 34.1 Å². The SMILES string of the molecule is COc1ccc(-c2[nH]c3cc(C)c(-c4cnco4)cc3c(=O)c2O)cc1. The average Bonchev–Trinajstić information content (AvgIpc) is 3.19. The van der Waals surface area contributed by atoms with Gasteiger partial charge in [0, 0.05) is 11.1 Å². The molecule has 130 valence electrons. The van der Waals surface area contributed by atoms with Crippen LogP contribution in [0.3, 0.4) is 0 Å². The van der Waals surface area contributed by atoms with Crippen LogP contribution in [0.1, 0.15) is 5.56 Å². The highest BCUT2D eigenvalue weighted by molar-refractivity contribution is 5.89. The summed E-state index contributed by atoms with van der Waals surface area (Å²) < 4.78 is 10.5. The van der Waals surface area contributed by atoms with E-state index in [0.29, 0.717) is 33.7 Å². The molecule has 0 radical (unpaired) electrons. The Morgan fingerprint density at radius 2 is 1.96 bits per heavy atom. The Hall–Kier alpha value is -3.54. The second-order valence-corrected chi connectivity index (χ2v) is 5.98. The summed E-state index contributed by atoms with van der Waals surface area (Å²) in [6.45, 7) is 1.93. The summed E-state index contributed by atoms with van der Waals surface area (Å²) in [5.41, 5.74) is 2.95. The molecule has 0 unspecified atom stereocenters. The second-order valence-electron chi connectivity index (χ2n) is 5.98. The summed E-state index contributed by atoms with van der Waals surface area (Å²) in [6, 6.07) is 10.7. The molecule has 4 rings (SSSR count). The van der Waals surface area contributed by atoms with Crippen LogP contribution in [0.25, 0.3) is 33.5 Å². The number of aryl methyl sites for hydroxylation is 1. The van der Waals surface area contributed by atoms with Crippen molar-refractivity contribution >= 4 is 10.9 Å². The highest BCUT2D eigenvalue weighted by Gasteiger charge is 2.16. The van der Waals surface area contributed by atoms with Crippen molar-refractivity contribution in [2.24, 2.45) is 0 Å². The highest BCUT2D eigenvalue weighted by atomic mass is 16.5. The molecule has 0 aliphatic carbocycles. The third kappa shape index (κ3) is 2.52. The molecular formula is C20H16N2O4. The Labute approximate surface area is 148 Å². The van der Waals surface area contributed by atoms with Gasteiger partial charge in [0.1, 0.15) is 5.75 Å². The van der Waals surface area contributed by atoms with Crippen LogP contribution in [0.5, 0.6) is 11.5 Å². The fourth-order valence-corrected chi connectivity index (χ4v) is 3.01. The van der Waals surface area contributed by atoms with E-state index in [-0.39, 0.29) is 5.75 Å². The summed E-state index contributed by atoms with van der Waals surface area (Å²) in [7, 11) is 1.58. The van der Waals surface area contributed by atoms with Crippen molar-refractivity contribution < 1.29 is 14.3 Å². The van der Waals surface area contributed by atoms with Gasteiger partial charge in [0.25, 0.3) is 0 Å². The number of hydrogen-bond acceptors (Lipinski definition) is 5. The van der Waals surface area contributed by atoms with E-state index < -0.39 is 5.43 Å². The minimum atomic E-state index is -0.440. The molecule has 4 aromatic rings. The number of nitrogens with one attached hydrogen (secondary N) is 1. The van der Waals surface area contributed by atoms with Crippen LogP contribution in [0.15, 0.2) is 58.2 Å². The molecular weight excluding hydrogens is 332 g/mol. The molecule has 2 aromatic carbocycles. The maximum atomic E-state index is 12.7. The van der Waals surface area contributed by atoms with Gasteiger partial charge in [-0.3, -0.25) is 4.79 Å². The predicted octanol–water partition coefficient (Wildman–Crippen LogP) is 3.87. The monoisotopic (exact) mass is 348 g/mol. The van der Waals surface area contributed by atoms with E-state index in [1.165, 1.54) is 6.39 Å². The number of methoxy groups -OCH3 is 1. The largest absolute Gasteiger partial charge is 0.503 e. The fourth-order valence-electron chi connectivity index (χ4n) is 3.01. The lowest BCUT2D eigenvalue weighted by atomic mass is 10.0. The van der Waals surface area contributed by atoms with Crippen molar-refractivity contribution in [3.05, 3.63) is 64.8 Å². The normalized spacial score (nSPS) is 11.0. The van der Waals surface area contributed by atoms with Gasteiger partial charge < -0.3 is 19.2 Å². The lowest BCUT2D eigenvalue weighted by molar-refractivity contribution is 0.415. The van der Waals surface area contributed by atoms with Crippen LogP contribution in [0, 0.1) is 6.92 Å². The van der Waals surface area contributed by atoms with E-state index in [0.717, 1.165) is 11.1 Å². The number of fused-ring (bicyclic) bond motifs is 1. The van der Waals surface area contributed by atoms with Crippen LogP contribution in [-0.4, -0.2) is 22.2 Å². The molecule has 0 amide bonds. The van der Waals surface area contributed by atoms with Gasteiger partial charge in [-0.15, -0.1) is 0 Å². The number of pyridine rings is 1. The minimum absolute atomic E-state index is 0.324. The molecule has 0 aliphatic rings. The summed E-state index contributed by atoms with van der Waals surface area (Å²) in [5, 5.41) is 10.8. The first-order valence-corrected chi connectivity index (χ1v) is 8.01. The average molecular weight is 348 g/mol. The van der Waals surface area contributed by atoms with Crippen LogP contribution < -0.4 is 10.2 Å². The zero-order valence-corrected chi connectivity index (χ0v) is 14.2. The number of ether oxygens (including phenoxy) is 1. The van der Waals surface area contributed by atoms with E-state index in [4.69, 9.17) is 9.15 Å². The highest BCUT2D eigenvalue weighted by Crippen LogP contribution is 2.31. The quantitative estimate of drug-likeness (QED) is 0.587. The van der Waals surface area contributed by atoms with Crippen molar-refractivity contribution in [1.82, 2.24) is 9.97 Å². The van der Waals surface area contributed by atoms with Gasteiger partial charge in [-0.2, -0.15) is 0 Å². The molecule has 0 atom stereocenters. The Morgan fingerprint density at radius 1 is 1.19 bits per heavy atom. The van der Waals surface area contributed by atoms with E-state index in [2.05, 4.69) is 9.97 Å². The number of aromatic hydroxyl groups is 1. The third-order valence-electron chi connectivity index (χ3n) is 4.40. The zero-order valence-electron chi connectivity index (χ0n) is 14.2. The lowest BCUT2D eigenvalue weighted by Crippen LogP contribution is -2.06. The Kier molecular flexibility index (Phi) is 3.73. The lowest BCUT2D eigenvalue weighted by Gasteiger charge is -2.10. The van der Waals surface area contributed by atoms with Crippen molar-refractivity contribution in [2.75, 3.05) is 7.11 Å². The first kappa shape index (κ1) is 16.0. The predicted molar refractivity (Wildman–Crippen MR) is 98.5 cm³/mol. The maximum Gasteiger partial charge on any atom is 0.231 e. The molecule has 0 spiro atoms. The van der Waals surface area contributed by atoms with Gasteiger partial charge in [0.05, 0.1) is 29.9 Å². The van der Waals surface area contributed by atoms with Gasteiger partial charge >= 0.3 is 0 Å². The van der Waals surface area contributed by atoms with Gasteiger partial charge in [0.15, 0.2) is 17.9 Å². The van der Waals surface area contributed by atoms with Gasteiger partial charge in [-0.25, -0.2) is 4.98 Å². The van der Waals surface area contributed by atoms with E-state index >= 15 is 0 Å². The van der Waals surface area contributed by atoms with Crippen molar-refractivity contribution in [1.29, 1.82) is 0 Å². The standard InChI is InChI=1S/C20H16N2O4/c1-11-7-16-15(8-14(11)17-9-21-10-26-17)19(23)20(24)18(22-16)12-3-5-13(25-2)6-4-12/h3-10,24H,1-2H3,(H,22,23). The molecule has 26 heavy (non-hydrogen) atoms. The topological polar surface area (TPSA) is 88.4 Å². The molecule has 0 fully saturated rings. The summed E-state index contributed by atoms with van der Waals surface area (Å²) in [6.07, 6.45) is 2.93. The summed E-state index contributed by atoms with van der Waals surface area (Å²) in [4.78, 5) is 19.8. The van der Waals surface area contributed by atoms with E-state index in [9.17, 15) is 9.90 Å². The number of H-pyrrole nitrogens is 1. The molecule has 0 saturated carbocycles. The summed E-state index contributed by atoms with van der Waals surface area (Å²) >= 11 is 0.